The number of carbonyl (C=O) groups is 2. The number of nitrogens with one attached hydrogen (secondary N) is 3. The van der Waals surface area contributed by atoms with Gasteiger partial charge in [0.05, 0.1) is 5.57 Å². The van der Waals surface area contributed by atoms with Gasteiger partial charge in [0.2, 0.25) is 5.88 Å². The van der Waals surface area contributed by atoms with Gasteiger partial charge in [0.1, 0.15) is 24.1 Å². The molecule has 0 radical (unpaired) electrons. The summed E-state index contributed by atoms with van der Waals surface area (Å²) in [5.74, 6) is -9.89. The lowest BCUT2D eigenvalue weighted by atomic mass is 9.87. The van der Waals surface area contributed by atoms with Crippen LogP contribution in [-0.4, -0.2) is 89.9 Å². The van der Waals surface area contributed by atoms with Crippen molar-refractivity contribution in [2.24, 2.45) is 5.92 Å². The van der Waals surface area contributed by atoms with Gasteiger partial charge in [-0.05, 0) is 12.3 Å². The minimum atomic E-state index is -3.47. The van der Waals surface area contributed by atoms with Crippen LogP contribution in [0, 0.1) is 17.2 Å². The van der Waals surface area contributed by atoms with Gasteiger partial charge in [0, 0.05) is 13.6 Å². The molecule has 1 saturated heterocycles. The standard InChI is InChI=1S/C16H22N6O8/c1-6-3-4-22(13(25)15(27,28)5-17)16(29,30)9(6)21(2)11-7-8(23)12(24)18-10(7)19-14(26)20-11/h6,9-10,18,23-24,27-30H,3-4H2,1-2H3,(H2,19,20,26). The maximum atomic E-state index is 12.3. The summed E-state index contributed by atoms with van der Waals surface area (Å²) in [6, 6.07) is -1.08. The van der Waals surface area contributed by atoms with Crippen molar-refractivity contribution in [2.75, 3.05) is 13.6 Å². The third-order valence-electron chi connectivity index (χ3n) is 5.42. The average molecular weight is 426 g/mol. The van der Waals surface area contributed by atoms with Crippen molar-refractivity contribution in [3.8, 4) is 6.07 Å². The van der Waals surface area contributed by atoms with Gasteiger partial charge in [-0.3, -0.25) is 15.0 Å². The maximum Gasteiger partial charge on any atom is 0.336 e. The largest absolute Gasteiger partial charge is 0.503 e. The molecule has 3 heterocycles. The topological polar surface area (TPSA) is 222 Å². The first-order valence-electron chi connectivity index (χ1n) is 8.89. The molecule has 164 valence electrons. The van der Waals surface area contributed by atoms with Crippen LogP contribution in [0.1, 0.15) is 13.3 Å². The number of nitrogens with zero attached hydrogens (tertiary/aromatic N) is 3. The van der Waals surface area contributed by atoms with Crippen LogP contribution < -0.4 is 16.0 Å². The SMILES string of the molecule is CC1CCN(C(=O)C(O)(O)C#N)C(O)(O)C1N(C)C1=C2C(O)=C(O)NC2NC(=O)N1. The molecule has 14 nitrogen and oxygen atoms in total. The van der Waals surface area contributed by atoms with Crippen LogP contribution in [0.2, 0.25) is 0 Å². The lowest BCUT2D eigenvalue weighted by Gasteiger charge is -2.52. The normalized spacial score (nSPS) is 28.2. The molecule has 0 aromatic carbocycles. The number of piperidine rings is 1. The second-order valence-electron chi connectivity index (χ2n) is 7.39. The van der Waals surface area contributed by atoms with E-state index in [4.69, 9.17) is 5.26 Å². The Kier molecular flexibility index (Phi) is 4.95. The number of hydrogen-bond acceptors (Lipinski definition) is 11. The number of hydrogen-bond donors (Lipinski definition) is 9. The monoisotopic (exact) mass is 426 g/mol. The van der Waals surface area contributed by atoms with Crippen molar-refractivity contribution >= 4 is 11.9 Å². The summed E-state index contributed by atoms with van der Waals surface area (Å²) in [5.41, 5.74) is 0.0109. The lowest BCUT2D eigenvalue weighted by molar-refractivity contribution is -0.313. The molecule has 3 aliphatic rings. The summed E-state index contributed by atoms with van der Waals surface area (Å²) in [4.78, 5) is 25.9. The van der Waals surface area contributed by atoms with Crippen LogP contribution >= 0.6 is 0 Å². The Morgan fingerprint density at radius 1 is 1.33 bits per heavy atom. The Morgan fingerprint density at radius 3 is 2.57 bits per heavy atom. The Morgan fingerprint density at radius 2 is 1.97 bits per heavy atom. The Bertz CT molecular complexity index is 891. The van der Waals surface area contributed by atoms with Gasteiger partial charge < -0.3 is 46.2 Å². The first-order chi connectivity index (χ1) is 13.8. The Labute approximate surface area is 169 Å². The molecule has 0 bridgehead atoms. The molecule has 0 aromatic heterocycles. The van der Waals surface area contributed by atoms with E-state index >= 15 is 0 Å². The summed E-state index contributed by atoms with van der Waals surface area (Å²) in [6.45, 7) is 1.34. The molecule has 3 amide bonds. The number of carbonyl (C=O) groups excluding carboxylic acids is 2. The number of urea groups is 1. The van der Waals surface area contributed by atoms with Gasteiger partial charge >= 0.3 is 17.7 Å². The van der Waals surface area contributed by atoms with Gasteiger partial charge in [-0.25, -0.2) is 4.79 Å². The fraction of sp³-hybridized carbons (Fsp3) is 0.562. The number of rotatable bonds is 3. The summed E-state index contributed by atoms with van der Waals surface area (Å²) in [6.07, 6.45) is -0.824. The van der Waals surface area contributed by atoms with Gasteiger partial charge in [0.15, 0.2) is 5.76 Å². The van der Waals surface area contributed by atoms with E-state index in [2.05, 4.69) is 16.0 Å². The van der Waals surface area contributed by atoms with Gasteiger partial charge in [-0.2, -0.15) is 5.26 Å². The van der Waals surface area contributed by atoms with Crippen LogP contribution in [0.15, 0.2) is 23.0 Å². The number of amides is 3. The summed E-state index contributed by atoms with van der Waals surface area (Å²) in [7, 11) is 1.35. The van der Waals surface area contributed by atoms with Crippen LogP contribution in [0.3, 0.4) is 0 Å². The smallest absolute Gasteiger partial charge is 0.336 e. The molecule has 3 atom stereocenters. The zero-order chi connectivity index (χ0) is 22.6. The van der Waals surface area contributed by atoms with E-state index in [9.17, 15) is 40.2 Å². The number of fused-ring (bicyclic) bond motifs is 1. The molecular weight excluding hydrogens is 404 g/mol. The van der Waals surface area contributed by atoms with Gasteiger partial charge in [0.25, 0.3) is 5.91 Å². The average Bonchev–Trinajstić information content (AvgIpc) is 2.93. The van der Waals surface area contributed by atoms with Crippen molar-refractivity contribution in [1.82, 2.24) is 25.8 Å². The number of likely N-dealkylation sites (N-methyl/N-ethyl adjacent to an activating group) is 1. The third-order valence-corrected chi connectivity index (χ3v) is 5.42. The highest BCUT2D eigenvalue weighted by molar-refractivity contribution is 5.86. The zero-order valence-electron chi connectivity index (χ0n) is 16.0. The molecular formula is C16H22N6O8. The number of nitriles is 1. The number of aliphatic hydroxyl groups is 6. The van der Waals surface area contributed by atoms with Crippen molar-refractivity contribution in [3.05, 3.63) is 23.0 Å². The molecule has 1 fully saturated rings. The van der Waals surface area contributed by atoms with Crippen LogP contribution in [0.5, 0.6) is 0 Å². The van der Waals surface area contributed by atoms with Gasteiger partial charge in [-0.1, -0.05) is 6.92 Å². The summed E-state index contributed by atoms with van der Waals surface area (Å²) >= 11 is 0. The van der Waals surface area contributed by atoms with E-state index in [0.717, 1.165) is 6.07 Å². The summed E-state index contributed by atoms with van der Waals surface area (Å²) < 4.78 is 0. The van der Waals surface area contributed by atoms with E-state index in [0.29, 0.717) is 4.90 Å². The van der Waals surface area contributed by atoms with Gasteiger partial charge in [-0.15, -0.1) is 0 Å². The highest BCUT2D eigenvalue weighted by atomic mass is 16.5. The molecule has 30 heavy (non-hydrogen) atoms. The fourth-order valence-corrected chi connectivity index (χ4v) is 3.98. The van der Waals surface area contributed by atoms with Crippen molar-refractivity contribution < 1.29 is 40.2 Å². The Hall–Kier alpha value is -3.25. The quantitative estimate of drug-likeness (QED) is 0.161. The predicted molar refractivity (Wildman–Crippen MR) is 94.9 cm³/mol. The molecule has 9 N–H and O–H groups in total. The summed E-state index contributed by atoms with van der Waals surface area (Å²) in [5, 5.41) is 76.7. The van der Waals surface area contributed by atoms with E-state index in [1.165, 1.54) is 11.9 Å². The molecule has 0 spiro atoms. The van der Waals surface area contributed by atoms with Crippen LogP contribution in [0.4, 0.5) is 4.79 Å². The van der Waals surface area contributed by atoms with Crippen molar-refractivity contribution in [3.63, 3.8) is 0 Å². The molecule has 3 aliphatic heterocycles. The third kappa shape index (κ3) is 3.13. The van der Waals surface area contributed by atoms with E-state index in [1.807, 2.05) is 0 Å². The Balaban J connectivity index is 2.03. The molecule has 14 heteroatoms. The first kappa shape index (κ1) is 21.5. The highest BCUT2D eigenvalue weighted by Crippen LogP contribution is 2.36. The number of likely N-dealkylation sites (tertiary alicyclic amines) is 1. The molecule has 0 aliphatic carbocycles. The van der Waals surface area contributed by atoms with Crippen LogP contribution in [-0.2, 0) is 4.79 Å². The minimum absolute atomic E-state index is 0.0109. The van der Waals surface area contributed by atoms with E-state index < -0.39 is 53.4 Å². The first-order valence-corrected chi connectivity index (χ1v) is 8.89. The number of aliphatic hydroxyl groups excluding tert-OH is 2. The second kappa shape index (κ2) is 6.92. The molecule has 0 aromatic rings. The zero-order valence-corrected chi connectivity index (χ0v) is 16.0. The second-order valence-corrected chi connectivity index (χ2v) is 7.39. The lowest BCUT2D eigenvalue weighted by Crippen LogP contribution is -2.71. The minimum Gasteiger partial charge on any atom is -0.503 e. The van der Waals surface area contributed by atoms with Crippen molar-refractivity contribution in [2.45, 2.75) is 37.3 Å². The molecule has 3 rings (SSSR count). The molecule has 3 unspecified atom stereocenters. The van der Waals surface area contributed by atoms with Crippen LogP contribution in [0.25, 0.3) is 0 Å². The fourth-order valence-electron chi connectivity index (χ4n) is 3.98. The predicted octanol–water partition coefficient (Wildman–Crippen LogP) is -3.26. The molecule has 0 saturated carbocycles. The van der Waals surface area contributed by atoms with E-state index in [1.54, 1.807) is 6.92 Å². The van der Waals surface area contributed by atoms with Crippen molar-refractivity contribution in [1.29, 1.82) is 5.26 Å². The maximum absolute atomic E-state index is 12.3. The highest BCUT2D eigenvalue weighted by Gasteiger charge is 2.56. The van der Waals surface area contributed by atoms with E-state index in [-0.39, 0.29) is 24.4 Å².